The van der Waals surface area contributed by atoms with Crippen LogP contribution in [0.15, 0.2) is 41.4 Å². The van der Waals surface area contributed by atoms with Crippen LogP contribution in [0.2, 0.25) is 5.02 Å². The molecule has 1 atom stereocenters. The Kier molecular flexibility index (Phi) is 8.34. The minimum Gasteiger partial charge on any atom is -0.366 e. The summed E-state index contributed by atoms with van der Waals surface area (Å²) in [6, 6.07) is 10.2. The maximum Gasteiger partial charge on any atom is 0.416 e. The number of hydrogen-bond donors (Lipinski definition) is 0. The summed E-state index contributed by atoms with van der Waals surface area (Å²) in [5.74, 6) is -0.860. The number of nitrogens with zero attached hydrogens (tertiary/aromatic N) is 3. The van der Waals surface area contributed by atoms with Gasteiger partial charge in [-0.05, 0) is 48.7 Å². The first-order chi connectivity index (χ1) is 12.7. The highest BCUT2D eigenvalue weighted by Gasteiger charge is 2.31. The summed E-state index contributed by atoms with van der Waals surface area (Å²) in [5, 5.41) is 9.95. The molecule has 0 amide bonds. The largest absolute Gasteiger partial charge is 0.416 e. The van der Waals surface area contributed by atoms with E-state index in [2.05, 4.69) is 11.1 Å². The zero-order valence-electron chi connectivity index (χ0n) is 15.6. The van der Waals surface area contributed by atoms with Gasteiger partial charge >= 0.3 is 6.18 Å². The van der Waals surface area contributed by atoms with Crippen molar-refractivity contribution >= 4 is 36.0 Å². The van der Waals surface area contributed by atoms with Crippen molar-refractivity contribution in [3.8, 4) is 6.07 Å². The van der Waals surface area contributed by atoms with Crippen molar-refractivity contribution < 1.29 is 13.2 Å². The first-order valence-electron chi connectivity index (χ1n) is 8.28. The van der Waals surface area contributed by atoms with E-state index in [1.165, 1.54) is 12.1 Å². The number of halogens is 5. The van der Waals surface area contributed by atoms with Gasteiger partial charge in [-0.25, -0.2) is 4.99 Å². The van der Waals surface area contributed by atoms with Gasteiger partial charge in [-0.3, -0.25) is 0 Å². The predicted octanol–water partition coefficient (Wildman–Crippen LogP) is 6.36. The molecule has 2 aromatic carbocycles. The summed E-state index contributed by atoms with van der Waals surface area (Å²) in [5.41, 5.74) is 1.32. The monoisotopic (exact) mass is 429 g/mol. The lowest BCUT2D eigenvalue weighted by Gasteiger charge is -2.16. The molecule has 8 heteroatoms. The summed E-state index contributed by atoms with van der Waals surface area (Å²) in [6.07, 6.45) is -2.82. The van der Waals surface area contributed by atoms with Gasteiger partial charge in [-0.1, -0.05) is 29.8 Å². The molecular formula is C20H20Cl2F3N3. The lowest BCUT2D eigenvalue weighted by atomic mass is 9.88. The number of aryl methyl sites for hydroxylation is 1. The molecule has 2 aromatic rings. The highest BCUT2D eigenvalue weighted by atomic mass is 35.5. The normalized spacial score (nSPS) is 12.4. The molecule has 0 saturated carbocycles. The van der Waals surface area contributed by atoms with E-state index >= 15 is 0 Å². The predicted molar refractivity (Wildman–Crippen MR) is 109 cm³/mol. The second-order valence-electron chi connectivity index (χ2n) is 6.16. The smallest absolute Gasteiger partial charge is 0.366 e. The summed E-state index contributed by atoms with van der Waals surface area (Å²) in [4.78, 5) is 6.20. The quantitative estimate of drug-likeness (QED) is 0.409. The Bertz CT molecular complexity index is 889. The molecule has 28 heavy (non-hydrogen) atoms. The number of nitriles is 1. The van der Waals surface area contributed by atoms with Gasteiger partial charge in [0.2, 0.25) is 0 Å². The standard InChI is InChI=1S/C20H19ClF3N3.ClH/c1-4-27(3)12-26-19-8-13(2)16(10-18(19)21)17(11-25)14-6-5-7-15(9-14)20(22,23)24;/h5-10,12,17H,4H2,1-3H3;1H/b26-12-;. The Balaban J connectivity index is 0.00000392. The molecule has 0 saturated heterocycles. The van der Waals surface area contributed by atoms with Crippen molar-refractivity contribution in [3.05, 3.63) is 63.7 Å². The number of hydrogen-bond acceptors (Lipinski definition) is 2. The fraction of sp³-hybridized carbons (Fsp3) is 0.300. The molecule has 3 nitrogen and oxygen atoms in total. The van der Waals surface area contributed by atoms with Crippen molar-refractivity contribution in [2.75, 3.05) is 13.6 Å². The molecule has 0 spiro atoms. The van der Waals surface area contributed by atoms with E-state index in [9.17, 15) is 18.4 Å². The van der Waals surface area contributed by atoms with Gasteiger partial charge in [0.05, 0.1) is 34.6 Å². The Morgan fingerprint density at radius 1 is 1.29 bits per heavy atom. The van der Waals surface area contributed by atoms with Crippen LogP contribution in [0, 0.1) is 18.3 Å². The van der Waals surface area contributed by atoms with Crippen LogP contribution in [0.25, 0.3) is 0 Å². The van der Waals surface area contributed by atoms with Gasteiger partial charge < -0.3 is 4.90 Å². The van der Waals surface area contributed by atoms with Gasteiger partial charge in [-0.2, -0.15) is 18.4 Å². The van der Waals surface area contributed by atoms with Crippen molar-refractivity contribution in [1.82, 2.24) is 4.90 Å². The van der Waals surface area contributed by atoms with E-state index in [4.69, 9.17) is 11.6 Å². The Morgan fingerprint density at radius 2 is 1.96 bits per heavy atom. The number of alkyl halides is 3. The van der Waals surface area contributed by atoms with Crippen molar-refractivity contribution in [2.24, 2.45) is 4.99 Å². The maximum atomic E-state index is 13.0. The van der Waals surface area contributed by atoms with Crippen LogP contribution in [-0.4, -0.2) is 24.8 Å². The number of rotatable bonds is 5. The second-order valence-corrected chi connectivity index (χ2v) is 6.57. The number of aliphatic imine (C=N–C) groups is 1. The topological polar surface area (TPSA) is 39.4 Å². The molecule has 0 aliphatic rings. The third-order valence-electron chi connectivity index (χ3n) is 4.22. The van der Waals surface area contributed by atoms with E-state index < -0.39 is 17.7 Å². The minimum absolute atomic E-state index is 0. The van der Waals surface area contributed by atoms with Crippen molar-refractivity contribution in [3.63, 3.8) is 0 Å². The molecule has 0 radical (unpaired) electrons. The van der Waals surface area contributed by atoms with Gasteiger partial charge in [0.15, 0.2) is 0 Å². The zero-order chi connectivity index (χ0) is 20.2. The summed E-state index contributed by atoms with van der Waals surface area (Å²) in [7, 11) is 1.87. The molecule has 2 rings (SSSR count). The van der Waals surface area contributed by atoms with Crippen molar-refractivity contribution in [1.29, 1.82) is 5.26 Å². The molecule has 1 unspecified atom stereocenters. The van der Waals surface area contributed by atoms with Crippen LogP contribution < -0.4 is 0 Å². The highest BCUT2D eigenvalue weighted by molar-refractivity contribution is 6.33. The van der Waals surface area contributed by atoms with Gasteiger partial charge in [0, 0.05) is 13.6 Å². The van der Waals surface area contributed by atoms with Gasteiger partial charge in [0.1, 0.15) is 0 Å². The van der Waals surface area contributed by atoms with Crippen LogP contribution in [-0.2, 0) is 6.18 Å². The van der Waals surface area contributed by atoms with Crippen molar-refractivity contribution in [2.45, 2.75) is 25.9 Å². The third-order valence-corrected chi connectivity index (χ3v) is 4.52. The van der Waals surface area contributed by atoms with Crippen LogP contribution in [0.1, 0.15) is 35.1 Å². The van der Waals surface area contributed by atoms with E-state index in [1.54, 1.807) is 25.4 Å². The van der Waals surface area contributed by atoms with E-state index in [-0.39, 0.29) is 18.0 Å². The highest BCUT2D eigenvalue weighted by Crippen LogP contribution is 2.36. The molecule has 0 bridgehead atoms. The maximum absolute atomic E-state index is 13.0. The average molecular weight is 430 g/mol. The molecule has 0 fully saturated rings. The van der Waals surface area contributed by atoms with Crippen LogP contribution >= 0.6 is 24.0 Å². The molecule has 0 heterocycles. The minimum atomic E-state index is -4.47. The van der Waals surface area contributed by atoms with Crippen LogP contribution in [0.4, 0.5) is 18.9 Å². The molecule has 150 valence electrons. The summed E-state index contributed by atoms with van der Waals surface area (Å²) in [6.45, 7) is 4.55. The zero-order valence-corrected chi connectivity index (χ0v) is 17.2. The Morgan fingerprint density at radius 3 is 2.54 bits per heavy atom. The molecule has 0 aromatic heterocycles. The third kappa shape index (κ3) is 5.63. The first-order valence-corrected chi connectivity index (χ1v) is 8.66. The molecule has 0 aliphatic carbocycles. The Hall–Kier alpha value is -2.23. The number of benzene rings is 2. The first kappa shape index (κ1) is 23.8. The lowest BCUT2D eigenvalue weighted by molar-refractivity contribution is -0.137. The molecular weight excluding hydrogens is 410 g/mol. The van der Waals surface area contributed by atoms with Crippen LogP contribution in [0.5, 0.6) is 0 Å². The van der Waals surface area contributed by atoms with E-state index in [0.29, 0.717) is 16.3 Å². The average Bonchev–Trinajstić information content (AvgIpc) is 2.63. The fourth-order valence-corrected chi connectivity index (χ4v) is 2.77. The molecule has 0 N–H and O–H groups in total. The second kappa shape index (κ2) is 9.81. The Labute approximate surface area is 173 Å². The van der Waals surface area contributed by atoms with Gasteiger partial charge in [-0.15, -0.1) is 12.4 Å². The molecule has 0 aliphatic heterocycles. The SMILES string of the molecule is CCN(C)/C=N\c1cc(C)c(C(C#N)c2cccc(C(F)(F)F)c2)cc1Cl.Cl. The van der Waals surface area contributed by atoms with E-state index in [0.717, 1.165) is 24.2 Å². The van der Waals surface area contributed by atoms with Crippen LogP contribution in [0.3, 0.4) is 0 Å². The van der Waals surface area contributed by atoms with Gasteiger partial charge in [0.25, 0.3) is 0 Å². The lowest BCUT2D eigenvalue weighted by Crippen LogP contribution is -2.14. The van der Waals surface area contributed by atoms with E-state index in [1.807, 2.05) is 18.9 Å². The summed E-state index contributed by atoms with van der Waals surface area (Å²) >= 11 is 6.30. The fourth-order valence-electron chi connectivity index (χ4n) is 2.55. The summed E-state index contributed by atoms with van der Waals surface area (Å²) < 4.78 is 39.0.